The molecule has 0 spiro atoms. The van der Waals surface area contributed by atoms with Crippen LogP contribution in [-0.2, 0) is 4.79 Å². The van der Waals surface area contributed by atoms with E-state index in [1.807, 2.05) is 0 Å². The molecule has 1 heteroatoms. The largest absolute Gasteiger partial charge is 0.299 e. The van der Waals surface area contributed by atoms with Crippen LogP contribution in [0.3, 0.4) is 0 Å². The van der Waals surface area contributed by atoms with E-state index in [0.717, 1.165) is 51.4 Å². The maximum atomic E-state index is 11.7. The van der Waals surface area contributed by atoms with Crippen LogP contribution in [0.2, 0.25) is 0 Å². The van der Waals surface area contributed by atoms with Crippen LogP contribution in [0.1, 0.15) is 98.8 Å². The lowest BCUT2D eigenvalue weighted by molar-refractivity contribution is -0.120. The number of hydrogen-bond donors (Lipinski definition) is 0. The van der Waals surface area contributed by atoms with Crippen LogP contribution in [-0.4, -0.2) is 5.78 Å². The zero-order valence-electron chi connectivity index (χ0n) is 17.9. The average Bonchev–Trinajstić information content (AvgIpc) is 3.39. The normalized spacial score (nSPS) is 16.0. The quantitative estimate of drug-likeness (QED) is 0.307. The molecule has 0 amide bonds. The summed E-state index contributed by atoms with van der Waals surface area (Å²) in [6.45, 7) is 11.0. The highest BCUT2D eigenvalue weighted by atomic mass is 16.1. The van der Waals surface area contributed by atoms with E-state index in [4.69, 9.17) is 0 Å². The van der Waals surface area contributed by atoms with Gasteiger partial charge < -0.3 is 0 Å². The number of carbonyl (C=O) groups excluding carboxylic acids is 1. The summed E-state index contributed by atoms with van der Waals surface area (Å²) in [7, 11) is 0. The van der Waals surface area contributed by atoms with Crippen LogP contribution < -0.4 is 0 Å². The van der Waals surface area contributed by atoms with Crippen molar-refractivity contribution in [1.29, 1.82) is 0 Å². The fourth-order valence-electron chi connectivity index (χ4n) is 3.06. The lowest BCUT2D eigenvalue weighted by Gasteiger charge is -2.03. The maximum Gasteiger partial charge on any atom is 0.136 e. The number of hydrogen-bond acceptors (Lipinski definition) is 1. The van der Waals surface area contributed by atoms with Gasteiger partial charge in [0.1, 0.15) is 5.78 Å². The third-order valence-electron chi connectivity index (χ3n) is 5.07. The van der Waals surface area contributed by atoms with Gasteiger partial charge in [0.2, 0.25) is 0 Å². The molecular formula is C25H40O. The van der Waals surface area contributed by atoms with Crippen LogP contribution in [0.4, 0.5) is 0 Å². The molecule has 1 aliphatic rings. The monoisotopic (exact) mass is 356 g/mol. The Hall–Kier alpha value is -1.37. The van der Waals surface area contributed by atoms with Crippen LogP contribution in [0.5, 0.6) is 0 Å². The van der Waals surface area contributed by atoms with Crippen molar-refractivity contribution in [3.8, 4) is 0 Å². The summed E-state index contributed by atoms with van der Waals surface area (Å²) in [6, 6.07) is 0. The molecule has 0 aliphatic heterocycles. The summed E-state index contributed by atoms with van der Waals surface area (Å²) < 4.78 is 0. The summed E-state index contributed by atoms with van der Waals surface area (Å²) in [5, 5.41) is 0. The first kappa shape index (κ1) is 22.7. The van der Waals surface area contributed by atoms with Gasteiger partial charge in [-0.15, -0.1) is 0 Å². The second-order valence-electron chi connectivity index (χ2n) is 8.33. The predicted octanol–water partition coefficient (Wildman–Crippen LogP) is 7.89. The molecule has 1 fully saturated rings. The first-order valence-corrected chi connectivity index (χ1v) is 10.5. The van der Waals surface area contributed by atoms with Crippen LogP contribution in [0.25, 0.3) is 0 Å². The van der Waals surface area contributed by atoms with Gasteiger partial charge in [-0.2, -0.15) is 0 Å². The number of carbonyl (C=O) groups is 1. The van der Waals surface area contributed by atoms with Crippen LogP contribution in [0.15, 0.2) is 46.6 Å². The third-order valence-corrected chi connectivity index (χ3v) is 5.07. The first-order chi connectivity index (χ1) is 12.4. The Morgan fingerprint density at radius 3 is 1.42 bits per heavy atom. The molecule has 0 aromatic carbocycles. The van der Waals surface area contributed by atoms with Gasteiger partial charge in [0.25, 0.3) is 0 Å². The molecule has 0 atom stereocenters. The summed E-state index contributed by atoms with van der Waals surface area (Å²) in [6.07, 6.45) is 20.2. The standard InChI is InChI=1S/C25H40O/c1-20(2)10-6-11-21(3)12-7-13-22(4)14-8-15-23(5)16-9-17-25(26)24-18-19-24/h10,12,14,16,24H,6-9,11,13,15,17-19H2,1-5H3/b21-12+,22-14+,23-16+. The number of rotatable bonds is 13. The van der Waals surface area contributed by atoms with Gasteiger partial charge in [-0.1, -0.05) is 46.6 Å². The molecule has 1 rings (SSSR count). The van der Waals surface area contributed by atoms with Gasteiger partial charge in [-0.25, -0.2) is 0 Å². The average molecular weight is 357 g/mol. The molecule has 1 aliphatic carbocycles. The Kier molecular flexibility index (Phi) is 11.2. The highest BCUT2D eigenvalue weighted by Crippen LogP contribution is 2.31. The van der Waals surface area contributed by atoms with Crippen molar-refractivity contribution < 1.29 is 4.79 Å². The van der Waals surface area contributed by atoms with Crippen molar-refractivity contribution in [1.82, 2.24) is 0 Å². The van der Waals surface area contributed by atoms with E-state index in [1.165, 1.54) is 35.1 Å². The van der Waals surface area contributed by atoms with Crippen molar-refractivity contribution in [3.05, 3.63) is 46.6 Å². The highest BCUT2D eigenvalue weighted by Gasteiger charge is 2.28. The topological polar surface area (TPSA) is 17.1 Å². The van der Waals surface area contributed by atoms with Crippen molar-refractivity contribution in [2.24, 2.45) is 5.92 Å². The molecule has 0 aromatic heterocycles. The molecule has 0 N–H and O–H groups in total. The smallest absolute Gasteiger partial charge is 0.136 e. The van der Waals surface area contributed by atoms with Gasteiger partial charge in [-0.05, 0) is 92.4 Å². The number of allylic oxidation sites excluding steroid dienone is 8. The van der Waals surface area contributed by atoms with E-state index < -0.39 is 0 Å². The third kappa shape index (κ3) is 12.1. The van der Waals surface area contributed by atoms with Gasteiger partial charge in [-0.3, -0.25) is 4.79 Å². The van der Waals surface area contributed by atoms with E-state index in [-0.39, 0.29) is 0 Å². The molecule has 26 heavy (non-hydrogen) atoms. The van der Waals surface area contributed by atoms with Crippen molar-refractivity contribution in [2.75, 3.05) is 0 Å². The summed E-state index contributed by atoms with van der Waals surface area (Å²) in [5.74, 6) is 0.896. The van der Waals surface area contributed by atoms with Crippen LogP contribution >= 0.6 is 0 Å². The van der Waals surface area contributed by atoms with Crippen LogP contribution in [0, 0.1) is 5.92 Å². The Bertz CT molecular complexity index is 549. The second-order valence-corrected chi connectivity index (χ2v) is 8.33. The summed E-state index contributed by atoms with van der Waals surface area (Å²) >= 11 is 0. The molecular weight excluding hydrogens is 316 g/mol. The fraction of sp³-hybridized carbons (Fsp3) is 0.640. The lowest BCUT2D eigenvalue weighted by atomic mass is 10.0. The van der Waals surface area contributed by atoms with Crippen molar-refractivity contribution in [3.63, 3.8) is 0 Å². The van der Waals surface area contributed by atoms with E-state index >= 15 is 0 Å². The summed E-state index contributed by atoms with van der Waals surface area (Å²) in [5.41, 5.74) is 5.84. The van der Waals surface area contributed by atoms with Gasteiger partial charge in [0, 0.05) is 12.3 Å². The van der Waals surface area contributed by atoms with Crippen molar-refractivity contribution >= 4 is 5.78 Å². The van der Waals surface area contributed by atoms with E-state index in [9.17, 15) is 4.79 Å². The Labute approximate surface area is 162 Å². The Morgan fingerprint density at radius 2 is 1.04 bits per heavy atom. The SMILES string of the molecule is CC(C)=CCC/C(C)=C/CC/C(C)=C/CC/C(C)=C/CCC(=O)C1CC1. The van der Waals surface area contributed by atoms with Gasteiger partial charge in [0.15, 0.2) is 0 Å². The van der Waals surface area contributed by atoms with E-state index in [2.05, 4.69) is 58.9 Å². The minimum absolute atomic E-state index is 0.416. The Morgan fingerprint density at radius 1 is 0.654 bits per heavy atom. The Balaban J connectivity index is 2.15. The zero-order chi connectivity index (χ0) is 19.4. The molecule has 0 radical (unpaired) electrons. The molecule has 0 bridgehead atoms. The highest BCUT2D eigenvalue weighted by molar-refractivity contribution is 5.83. The van der Waals surface area contributed by atoms with Crippen molar-refractivity contribution in [2.45, 2.75) is 98.8 Å². The second kappa shape index (κ2) is 12.9. The predicted molar refractivity (Wildman–Crippen MR) is 115 cm³/mol. The molecule has 1 saturated carbocycles. The van der Waals surface area contributed by atoms with Gasteiger partial charge in [0.05, 0.1) is 0 Å². The minimum atomic E-state index is 0.416. The molecule has 0 aromatic rings. The molecule has 1 nitrogen and oxygen atoms in total. The molecule has 0 unspecified atom stereocenters. The maximum absolute atomic E-state index is 11.7. The number of ketones is 1. The summed E-state index contributed by atoms with van der Waals surface area (Å²) in [4.78, 5) is 11.7. The number of Topliss-reactive ketones (excluding diaryl/α,β-unsaturated/α-hetero) is 1. The first-order valence-electron chi connectivity index (χ1n) is 10.5. The van der Waals surface area contributed by atoms with Gasteiger partial charge >= 0.3 is 0 Å². The molecule has 0 heterocycles. The lowest BCUT2D eigenvalue weighted by Crippen LogP contribution is -1.98. The zero-order valence-corrected chi connectivity index (χ0v) is 17.9. The molecule has 146 valence electrons. The molecule has 0 saturated heterocycles. The van der Waals surface area contributed by atoms with E-state index in [1.54, 1.807) is 0 Å². The fourth-order valence-corrected chi connectivity index (χ4v) is 3.06. The minimum Gasteiger partial charge on any atom is -0.299 e. The van der Waals surface area contributed by atoms with E-state index in [0.29, 0.717) is 11.7 Å².